The molecule has 1 aliphatic rings. The number of nitrogens with zero attached hydrogens (tertiary/aromatic N) is 2. The largest absolute Gasteiger partial charge is 0.384 e. The van der Waals surface area contributed by atoms with Gasteiger partial charge in [0.1, 0.15) is 11.4 Å². The van der Waals surface area contributed by atoms with E-state index in [9.17, 15) is 33.2 Å². The van der Waals surface area contributed by atoms with E-state index in [2.05, 4.69) is 10.6 Å². The van der Waals surface area contributed by atoms with Gasteiger partial charge in [0.25, 0.3) is 12.1 Å². The van der Waals surface area contributed by atoms with Crippen molar-refractivity contribution in [1.82, 2.24) is 10.2 Å². The van der Waals surface area contributed by atoms with E-state index in [1.165, 1.54) is 12.1 Å². The number of anilines is 2. The molecule has 1 heterocycles. The maximum Gasteiger partial charge on any atom is 0.273 e. The number of likely N-dealkylation sites (tertiary alicyclic amines) is 1. The van der Waals surface area contributed by atoms with E-state index in [-0.39, 0.29) is 36.7 Å². The molecule has 2 aromatic carbocycles. The van der Waals surface area contributed by atoms with Crippen molar-refractivity contribution in [2.24, 2.45) is 5.73 Å². The first-order valence-electron chi connectivity index (χ1n) is 9.05. The van der Waals surface area contributed by atoms with Gasteiger partial charge in [0.2, 0.25) is 0 Å². The predicted molar refractivity (Wildman–Crippen MR) is 117 cm³/mol. The molecular formula is C19H17F3IN5O4. The van der Waals surface area contributed by atoms with Crippen LogP contribution in [0.25, 0.3) is 0 Å². The van der Waals surface area contributed by atoms with Crippen molar-refractivity contribution in [3.05, 3.63) is 79.1 Å². The number of hydrogen-bond donors (Lipinski definition) is 4. The first-order chi connectivity index (χ1) is 15.0. The molecule has 9 nitrogen and oxygen atoms in total. The van der Waals surface area contributed by atoms with Gasteiger partial charge >= 0.3 is 0 Å². The Bertz CT molecular complexity index is 1110. The summed E-state index contributed by atoms with van der Waals surface area (Å²) in [6.45, 7) is -0.564. The van der Waals surface area contributed by atoms with Crippen molar-refractivity contribution in [1.29, 1.82) is 0 Å². The van der Waals surface area contributed by atoms with Gasteiger partial charge in [-0.05, 0) is 52.9 Å². The summed E-state index contributed by atoms with van der Waals surface area (Å²) in [5.41, 5.74) is 3.01. The minimum Gasteiger partial charge on any atom is -0.384 e. The molecule has 0 unspecified atom stereocenters. The Morgan fingerprint density at radius 1 is 1.28 bits per heavy atom. The quantitative estimate of drug-likeness (QED) is 0.231. The molecular weight excluding hydrogens is 546 g/mol. The van der Waals surface area contributed by atoms with E-state index in [0.29, 0.717) is 9.77 Å². The van der Waals surface area contributed by atoms with Gasteiger partial charge < -0.3 is 26.4 Å². The Labute approximate surface area is 193 Å². The number of carbonyl (C=O) groups is 1. The molecule has 0 saturated carbocycles. The van der Waals surface area contributed by atoms with Crippen molar-refractivity contribution in [3.63, 3.8) is 0 Å². The smallest absolute Gasteiger partial charge is 0.273 e. The number of carbonyl (C=O) groups excluding carboxylic acids is 1. The molecule has 1 saturated heterocycles. The van der Waals surface area contributed by atoms with Crippen molar-refractivity contribution < 1.29 is 28.0 Å². The van der Waals surface area contributed by atoms with Gasteiger partial charge in [0.15, 0.2) is 17.5 Å². The van der Waals surface area contributed by atoms with E-state index >= 15 is 0 Å². The highest BCUT2D eigenvalue weighted by atomic mass is 127. The number of rotatable bonds is 7. The molecule has 13 heteroatoms. The summed E-state index contributed by atoms with van der Waals surface area (Å²) in [4.78, 5) is 23.6. The third kappa shape index (κ3) is 5.21. The van der Waals surface area contributed by atoms with Crippen LogP contribution in [0.2, 0.25) is 0 Å². The number of β-amino-alcohol motifs (C(OH)–C–C–N with tert-alkyl or cyclic N) is 1. The number of hydrogen-bond acceptors (Lipinski definition) is 7. The fourth-order valence-electron chi connectivity index (χ4n) is 3.09. The molecule has 3 rings (SSSR count). The summed E-state index contributed by atoms with van der Waals surface area (Å²) < 4.78 is 43.1. The zero-order chi connectivity index (χ0) is 23.6. The van der Waals surface area contributed by atoms with Gasteiger partial charge in [0.05, 0.1) is 35.0 Å². The monoisotopic (exact) mass is 563 g/mol. The van der Waals surface area contributed by atoms with Gasteiger partial charge in [-0.1, -0.05) is 0 Å². The van der Waals surface area contributed by atoms with Gasteiger partial charge in [-0.2, -0.15) is 0 Å². The van der Waals surface area contributed by atoms with Crippen LogP contribution in [0, 0.1) is 31.1 Å². The van der Waals surface area contributed by atoms with Gasteiger partial charge in [0, 0.05) is 10.1 Å². The summed E-state index contributed by atoms with van der Waals surface area (Å²) in [5, 5.41) is 25.7. The van der Waals surface area contributed by atoms with E-state index in [1.54, 1.807) is 6.07 Å². The molecule has 0 aromatic heterocycles. The highest BCUT2D eigenvalue weighted by molar-refractivity contribution is 14.1. The second-order valence-corrected chi connectivity index (χ2v) is 8.39. The number of nitrogens with two attached hydrogens (primary N) is 1. The summed E-state index contributed by atoms with van der Waals surface area (Å²) in [7, 11) is 0. The number of aliphatic hydroxyl groups is 1. The van der Waals surface area contributed by atoms with Crippen LogP contribution in [0.15, 0.2) is 42.4 Å². The van der Waals surface area contributed by atoms with Gasteiger partial charge in [-0.3, -0.25) is 14.9 Å². The maximum atomic E-state index is 14.5. The molecule has 32 heavy (non-hydrogen) atoms. The zero-order valence-electron chi connectivity index (χ0n) is 16.2. The SMILES string of the molecule is NC(=C[N+](=O)[O-])NCC1(O)CN(C(=O)c2ccc(F)c(F)c2Nc2ccc(I)cc2F)C1. The third-order valence-electron chi connectivity index (χ3n) is 4.64. The Morgan fingerprint density at radius 2 is 1.97 bits per heavy atom. The number of nitrogens with one attached hydrogen (secondary N) is 2. The van der Waals surface area contributed by atoms with Crippen LogP contribution >= 0.6 is 22.6 Å². The molecule has 5 N–H and O–H groups in total. The zero-order valence-corrected chi connectivity index (χ0v) is 18.4. The first-order valence-corrected chi connectivity index (χ1v) is 10.1. The molecule has 0 atom stereocenters. The number of amides is 1. The summed E-state index contributed by atoms with van der Waals surface area (Å²) in [5.74, 6) is -4.31. The van der Waals surface area contributed by atoms with Crippen LogP contribution in [-0.2, 0) is 0 Å². The molecule has 0 aliphatic carbocycles. The van der Waals surface area contributed by atoms with Crippen molar-refractivity contribution in [2.75, 3.05) is 25.0 Å². The summed E-state index contributed by atoms with van der Waals surface area (Å²) in [6, 6.07) is 5.89. The average molecular weight is 563 g/mol. The fourth-order valence-corrected chi connectivity index (χ4v) is 3.55. The maximum absolute atomic E-state index is 14.5. The van der Waals surface area contributed by atoms with Gasteiger partial charge in [-0.15, -0.1) is 0 Å². The van der Waals surface area contributed by atoms with Crippen molar-refractivity contribution in [2.45, 2.75) is 5.60 Å². The molecule has 0 bridgehead atoms. The molecule has 1 amide bonds. The van der Waals surface area contributed by atoms with Crippen LogP contribution in [0.5, 0.6) is 0 Å². The molecule has 0 spiro atoms. The minimum atomic E-state index is -1.43. The normalized spacial score (nSPS) is 15.2. The van der Waals surface area contributed by atoms with E-state index < -0.39 is 39.6 Å². The van der Waals surface area contributed by atoms with Gasteiger partial charge in [-0.25, -0.2) is 13.2 Å². The number of halogens is 4. The molecule has 1 fully saturated rings. The van der Waals surface area contributed by atoms with Crippen LogP contribution in [0.3, 0.4) is 0 Å². The molecule has 0 radical (unpaired) electrons. The minimum absolute atomic E-state index is 0.152. The Balaban J connectivity index is 1.76. The highest BCUT2D eigenvalue weighted by Crippen LogP contribution is 2.31. The summed E-state index contributed by atoms with van der Waals surface area (Å²) >= 11 is 1.89. The Hall–Kier alpha value is -3.07. The Morgan fingerprint density at radius 3 is 2.59 bits per heavy atom. The number of nitro groups is 1. The van der Waals surface area contributed by atoms with E-state index in [4.69, 9.17) is 5.73 Å². The van der Waals surface area contributed by atoms with Crippen LogP contribution in [0.4, 0.5) is 24.5 Å². The second-order valence-electron chi connectivity index (χ2n) is 7.14. The summed E-state index contributed by atoms with van der Waals surface area (Å²) in [6.07, 6.45) is 0.522. The van der Waals surface area contributed by atoms with E-state index in [0.717, 1.165) is 17.0 Å². The van der Waals surface area contributed by atoms with E-state index in [1.807, 2.05) is 22.6 Å². The fraction of sp³-hybridized carbons (Fsp3) is 0.211. The molecule has 170 valence electrons. The number of benzene rings is 2. The lowest BCUT2D eigenvalue weighted by molar-refractivity contribution is -0.403. The Kier molecular flexibility index (Phi) is 6.78. The van der Waals surface area contributed by atoms with Crippen LogP contribution in [-0.4, -0.2) is 46.1 Å². The highest BCUT2D eigenvalue weighted by Gasteiger charge is 2.44. The van der Waals surface area contributed by atoms with Crippen LogP contribution < -0.4 is 16.4 Å². The first kappa shape index (κ1) is 23.6. The standard InChI is InChI=1S/C19H17F3IN5O4/c20-12-3-2-11(17(16(12)22)26-14-4-1-10(23)5-13(14)21)18(29)27-8-19(30,9-27)7-25-15(24)6-28(31)32/h1-6,25-26,30H,7-9,24H2. The predicted octanol–water partition coefficient (Wildman–Crippen LogP) is 2.26. The third-order valence-corrected chi connectivity index (χ3v) is 5.31. The lowest BCUT2D eigenvalue weighted by atomic mass is 9.92. The van der Waals surface area contributed by atoms with Crippen molar-refractivity contribution >= 4 is 39.9 Å². The lowest BCUT2D eigenvalue weighted by Crippen LogP contribution is -2.67. The topological polar surface area (TPSA) is 134 Å². The van der Waals surface area contributed by atoms with Crippen LogP contribution in [0.1, 0.15) is 10.4 Å². The lowest BCUT2D eigenvalue weighted by Gasteiger charge is -2.46. The molecule has 1 aliphatic heterocycles. The van der Waals surface area contributed by atoms with Crippen molar-refractivity contribution in [3.8, 4) is 0 Å². The second kappa shape index (κ2) is 9.20. The average Bonchev–Trinajstić information content (AvgIpc) is 2.68. The molecule has 2 aromatic rings.